The fraction of sp³-hybridized carbons (Fsp3) is 0. The summed E-state index contributed by atoms with van der Waals surface area (Å²) in [5.74, 6) is 1.24. The lowest BCUT2D eigenvalue weighted by Crippen LogP contribution is -2.03. The Morgan fingerprint density at radius 3 is 2.63 bits per heavy atom. The summed E-state index contributed by atoms with van der Waals surface area (Å²) in [5.41, 5.74) is 15.3. The largest absolute Gasteiger partial charge is 0.382 e. The molecule has 0 fully saturated rings. The fourth-order valence-electron chi connectivity index (χ4n) is 3.59. The van der Waals surface area contributed by atoms with Crippen molar-refractivity contribution in [2.75, 3.05) is 11.5 Å². The van der Waals surface area contributed by atoms with Crippen LogP contribution in [0.4, 0.5) is 11.6 Å². The molecule has 5 N–H and O–H groups in total. The van der Waals surface area contributed by atoms with E-state index in [1.165, 1.54) is 4.80 Å². The van der Waals surface area contributed by atoms with Crippen molar-refractivity contribution in [2.24, 2.45) is 0 Å². The Labute approximate surface area is 167 Å². The molecular formula is C18H14N12. The van der Waals surface area contributed by atoms with Gasteiger partial charge in [0.15, 0.2) is 17.5 Å². The topological polar surface area (TPSA) is 160 Å². The summed E-state index contributed by atoms with van der Waals surface area (Å²) in [5, 5.41) is 29.9. The number of rotatable bonds is 3. The standard InChI is InChI=1S/C18H14N12/c19-17-15-10(23-24-17)3-1-6-13(15)30-22-9-14(25-30)29-12-5-2-4-11(16(12)18(20)26-29)28-8-7-21-27-28/h1-9H,(H2,20,26)(H3,19,23,24). The molecule has 0 aliphatic heterocycles. The van der Waals surface area contributed by atoms with Crippen molar-refractivity contribution < 1.29 is 0 Å². The molecule has 0 bridgehead atoms. The maximum atomic E-state index is 6.24. The van der Waals surface area contributed by atoms with Gasteiger partial charge in [0.05, 0.1) is 51.8 Å². The molecule has 0 atom stereocenters. The minimum atomic E-state index is 0.354. The first-order valence-electron chi connectivity index (χ1n) is 9.00. The van der Waals surface area contributed by atoms with Crippen molar-refractivity contribution in [3.63, 3.8) is 0 Å². The fourth-order valence-corrected chi connectivity index (χ4v) is 3.59. The molecule has 30 heavy (non-hydrogen) atoms. The minimum absolute atomic E-state index is 0.354. The smallest absolute Gasteiger partial charge is 0.196 e. The summed E-state index contributed by atoms with van der Waals surface area (Å²) in [6, 6.07) is 11.3. The third-order valence-corrected chi connectivity index (χ3v) is 4.89. The van der Waals surface area contributed by atoms with Gasteiger partial charge in [-0.2, -0.15) is 10.2 Å². The molecular weight excluding hydrogens is 384 g/mol. The Hall–Kier alpha value is -4.74. The van der Waals surface area contributed by atoms with Crippen molar-refractivity contribution in [1.29, 1.82) is 0 Å². The zero-order valence-electron chi connectivity index (χ0n) is 15.4. The second-order valence-electron chi connectivity index (χ2n) is 6.62. The van der Waals surface area contributed by atoms with Gasteiger partial charge in [0.1, 0.15) is 0 Å². The maximum absolute atomic E-state index is 6.24. The SMILES string of the molecule is Nc1n[nH]c2cccc(-n3ncc(-n4nc(N)c5c(-n6ccnn6)cccc54)n3)c12. The molecule has 0 saturated heterocycles. The normalized spacial score (nSPS) is 11.6. The van der Waals surface area contributed by atoms with Crippen molar-refractivity contribution in [1.82, 2.24) is 50.0 Å². The molecule has 0 saturated carbocycles. The molecule has 6 aromatic rings. The molecule has 0 unspecified atom stereocenters. The maximum Gasteiger partial charge on any atom is 0.196 e. The van der Waals surface area contributed by atoms with Gasteiger partial charge in [0.2, 0.25) is 0 Å². The van der Waals surface area contributed by atoms with Crippen LogP contribution in [0.1, 0.15) is 0 Å². The van der Waals surface area contributed by atoms with Crippen LogP contribution in [0.3, 0.4) is 0 Å². The van der Waals surface area contributed by atoms with E-state index < -0.39 is 0 Å². The van der Waals surface area contributed by atoms with Crippen LogP contribution in [0.25, 0.3) is 39.0 Å². The average Bonchev–Trinajstić information content (AvgIpc) is 3.55. The van der Waals surface area contributed by atoms with E-state index in [1.807, 2.05) is 36.4 Å². The highest BCUT2D eigenvalue weighted by Gasteiger charge is 2.18. The number of aromatic amines is 1. The van der Waals surface area contributed by atoms with E-state index >= 15 is 0 Å². The summed E-state index contributed by atoms with van der Waals surface area (Å²) in [6.45, 7) is 0. The number of fused-ring (bicyclic) bond motifs is 2. The van der Waals surface area contributed by atoms with E-state index in [9.17, 15) is 0 Å². The van der Waals surface area contributed by atoms with Crippen LogP contribution in [0, 0.1) is 0 Å². The van der Waals surface area contributed by atoms with Crippen LogP contribution in [0.2, 0.25) is 0 Å². The van der Waals surface area contributed by atoms with E-state index in [4.69, 9.17) is 11.5 Å². The first-order chi connectivity index (χ1) is 14.7. The van der Waals surface area contributed by atoms with Gasteiger partial charge >= 0.3 is 0 Å². The molecule has 0 radical (unpaired) electrons. The summed E-state index contributed by atoms with van der Waals surface area (Å²) in [6.07, 6.45) is 4.97. The molecule has 0 aliphatic carbocycles. The van der Waals surface area contributed by atoms with Crippen molar-refractivity contribution in [2.45, 2.75) is 0 Å². The lowest BCUT2D eigenvalue weighted by atomic mass is 10.2. The number of nitrogen functional groups attached to an aromatic ring is 2. The van der Waals surface area contributed by atoms with Crippen LogP contribution >= 0.6 is 0 Å². The molecule has 12 nitrogen and oxygen atoms in total. The molecule has 0 amide bonds. The van der Waals surface area contributed by atoms with Crippen molar-refractivity contribution >= 4 is 33.4 Å². The number of H-pyrrole nitrogens is 1. The van der Waals surface area contributed by atoms with Gasteiger partial charge in [-0.05, 0) is 24.3 Å². The molecule has 4 heterocycles. The average molecular weight is 398 g/mol. The van der Waals surface area contributed by atoms with Gasteiger partial charge in [0, 0.05) is 0 Å². The first-order valence-corrected chi connectivity index (χ1v) is 9.00. The van der Waals surface area contributed by atoms with E-state index in [0.717, 1.165) is 27.5 Å². The highest BCUT2D eigenvalue weighted by atomic mass is 15.5. The van der Waals surface area contributed by atoms with E-state index in [0.29, 0.717) is 23.1 Å². The molecule has 0 aliphatic rings. The lowest BCUT2D eigenvalue weighted by Gasteiger charge is -2.03. The van der Waals surface area contributed by atoms with Gasteiger partial charge in [-0.15, -0.1) is 20.1 Å². The quantitative estimate of drug-likeness (QED) is 0.401. The Bertz CT molecular complexity index is 1520. The molecule has 6 rings (SSSR count). The molecule has 146 valence electrons. The summed E-state index contributed by atoms with van der Waals surface area (Å²) >= 11 is 0. The second kappa shape index (κ2) is 5.88. The van der Waals surface area contributed by atoms with Gasteiger partial charge in [-0.25, -0.2) is 9.36 Å². The van der Waals surface area contributed by atoms with Gasteiger partial charge in [-0.1, -0.05) is 17.3 Å². The second-order valence-corrected chi connectivity index (χ2v) is 6.62. The predicted octanol–water partition coefficient (Wildman–Crippen LogP) is 1.23. The Balaban J connectivity index is 1.52. The highest BCUT2D eigenvalue weighted by molar-refractivity contribution is 5.97. The number of nitrogens with two attached hydrogens (primary N) is 2. The summed E-state index contributed by atoms with van der Waals surface area (Å²) < 4.78 is 3.29. The van der Waals surface area contributed by atoms with Crippen LogP contribution in [-0.4, -0.2) is 50.0 Å². The Kier molecular flexibility index (Phi) is 3.18. The number of hydrogen-bond donors (Lipinski definition) is 3. The lowest BCUT2D eigenvalue weighted by molar-refractivity contribution is 0.740. The highest BCUT2D eigenvalue weighted by Crippen LogP contribution is 2.29. The van der Waals surface area contributed by atoms with Crippen LogP contribution in [-0.2, 0) is 0 Å². The van der Waals surface area contributed by atoms with E-state index in [2.05, 4.69) is 35.8 Å². The van der Waals surface area contributed by atoms with Crippen molar-refractivity contribution in [3.8, 4) is 17.2 Å². The van der Waals surface area contributed by atoms with Crippen LogP contribution < -0.4 is 11.5 Å². The van der Waals surface area contributed by atoms with Gasteiger partial charge < -0.3 is 11.5 Å². The molecule has 0 spiro atoms. The Morgan fingerprint density at radius 1 is 0.900 bits per heavy atom. The van der Waals surface area contributed by atoms with E-state index in [1.54, 1.807) is 28.0 Å². The third-order valence-electron chi connectivity index (χ3n) is 4.89. The van der Waals surface area contributed by atoms with Crippen LogP contribution in [0.15, 0.2) is 55.0 Å². The number of anilines is 2. The summed E-state index contributed by atoms with van der Waals surface area (Å²) in [7, 11) is 0. The van der Waals surface area contributed by atoms with Crippen LogP contribution in [0.5, 0.6) is 0 Å². The molecule has 12 heteroatoms. The molecule has 4 aromatic heterocycles. The first kappa shape index (κ1) is 16.2. The number of benzene rings is 2. The molecule has 2 aromatic carbocycles. The van der Waals surface area contributed by atoms with Crippen molar-refractivity contribution in [3.05, 3.63) is 55.0 Å². The zero-order chi connectivity index (χ0) is 20.2. The van der Waals surface area contributed by atoms with E-state index in [-0.39, 0.29) is 0 Å². The summed E-state index contributed by atoms with van der Waals surface area (Å²) in [4.78, 5) is 1.49. The zero-order valence-corrected chi connectivity index (χ0v) is 15.4. The number of aromatic nitrogens is 10. The number of nitrogens with one attached hydrogen (secondary N) is 1. The Morgan fingerprint density at radius 2 is 1.77 bits per heavy atom. The predicted molar refractivity (Wildman–Crippen MR) is 109 cm³/mol. The minimum Gasteiger partial charge on any atom is -0.382 e. The van der Waals surface area contributed by atoms with Gasteiger partial charge in [0.25, 0.3) is 0 Å². The van der Waals surface area contributed by atoms with Gasteiger partial charge in [-0.3, -0.25) is 5.10 Å². The number of hydrogen-bond acceptors (Lipinski definition) is 8. The third kappa shape index (κ3) is 2.21. The number of nitrogens with zero attached hydrogens (tertiary/aromatic N) is 9. The monoisotopic (exact) mass is 398 g/mol.